The van der Waals surface area contributed by atoms with Crippen LogP contribution in [0.5, 0.6) is 5.75 Å². The smallest absolute Gasteiger partial charge is 0.191 e. The molecule has 2 N–H and O–H groups in total. The minimum Gasteiger partial charge on any atom is -0.495 e. The molecule has 3 rings (SSSR count). The Hall–Kier alpha value is -2.48. The highest BCUT2D eigenvalue weighted by Crippen LogP contribution is 2.14. The van der Waals surface area contributed by atoms with Crippen molar-refractivity contribution in [3.8, 4) is 5.75 Å². The first-order chi connectivity index (χ1) is 13.3. The van der Waals surface area contributed by atoms with E-state index in [1.807, 2.05) is 30.3 Å². The molecular formula is C20H24N4O2S. The summed E-state index contributed by atoms with van der Waals surface area (Å²) in [7, 11) is 1.62. The van der Waals surface area contributed by atoms with Gasteiger partial charge in [-0.2, -0.15) is 0 Å². The van der Waals surface area contributed by atoms with Crippen LogP contribution in [0.25, 0.3) is 0 Å². The van der Waals surface area contributed by atoms with Gasteiger partial charge in [-0.05, 0) is 30.7 Å². The van der Waals surface area contributed by atoms with E-state index in [9.17, 15) is 0 Å². The molecule has 0 saturated heterocycles. The minimum atomic E-state index is 0.529. The molecule has 27 heavy (non-hydrogen) atoms. The molecule has 3 aromatic rings. The van der Waals surface area contributed by atoms with Gasteiger partial charge in [0.1, 0.15) is 5.75 Å². The van der Waals surface area contributed by atoms with Crippen LogP contribution in [0.15, 0.2) is 59.0 Å². The number of thiazole rings is 1. The van der Waals surface area contributed by atoms with Crippen molar-refractivity contribution in [2.24, 2.45) is 10.7 Å². The summed E-state index contributed by atoms with van der Waals surface area (Å²) in [5.41, 5.74) is 7.96. The van der Waals surface area contributed by atoms with E-state index in [4.69, 9.17) is 15.2 Å². The molecule has 7 heteroatoms. The highest BCUT2D eigenvalue weighted by Gasteiger charge is 2.07. The lowest BCUT2D eigenvalue weighted by atomic mass is 10.2. The van der Waals surface area contributed by atoms with Gasteiger partial charge in [0.2, 0.25) is 0 Å². The van der Waals surface area contributed by atoms with E-state index in [2.05, 4.69) is 32.1 Å². The molecule has 6 nitrogen and oxygen atoms in total. The van der Waals surface area contributed by atoms with Crippen LogP contribution in [0.1, 0.15) is 17.7 Å². The molecule has 0 bridgehead atoms. The lowest BCUT2D eigenvalue weighted by Gasteiger charge is -2.09. The van der Waals surface area contributed by atoms with Crippen molar-refractivity contribution < 1.29 is 9.47 Å². The number of methoxy groups -OCH3 is 1. The molecule has 0 aliphatic heterocycles. The second kappa shape index (κ2) is 10.0. The van der Waals surface area contributed by atoms with Crippen molar-refractivity contribution in [1.82, 2.24) is 9.55 Å². The van der Waals surface area contributed by atoms with Gasteiger partial charge in [0, 0.05) is 11.9 Å². The molecule has 0 saturated carbocycles. The van der Waals surface area contributed by atoms with Crippen LogP contribution in [-0.4, -0.2) is 23.2 Å². The van der Waals surface area contributed by atoms with Gasteiger partial charge in [-0.25, -0.2) is 9.98 Å². The molecule has 0 radical (unpaired) electrons. The number of pyridine rings is 1. The van der Waals surface area contributed by atoms with Gasteiger partial charge in [0.25, 0.3) is 0 Å². The standard InChI is InChI=1S/C20H24N4O2S/c1-25-18-8-9-19(22-12-18)23-20-24(11-5-10-21)17(15-27-20)14-26-13-16-6-3-2-4-7-16/h2-4,6-9,12,15H,5,10-11,13-14,21H2,1H3/b23-20+. The van der Waals surface area contributed by atoms with Gasteiger partial charge in [0.05, 0.1) is 32.2 Å². The second-order valence-electron chi connectivity index (χ2n) is 5.95. The van der Waals surface area contributed by atoms with E-state index in [1.54, 1.807) is 24.6 Å². The zero-order chi connectivity index (χ0) is 18.9. The summed E-state index contributed by atoms with van der Waals surface area (Å²) < 4.78 is 13.2. The SMILES string of the molecule is COc1ccc(/N=c2/scc(COCc3ccccc3)n2CCCN)nc1. The lowest BCUT2D eigenvalue weighted by molar-refractivity contribution is 0.102. The monoisotopic (exact) mass is 384 g/mol. The van der Waals surface area contributed by atoms with Gasteiger partial charge in [-0.15, -0.1) is 11.3 Å². The zero-order valence-electron chi connectivity index (χ0n) is 15.4. The summed E-state index contributed by atoms with van der Waals surface area (Å²) in [6.45, 7) is 2.55. The third-order valence-corrected chi connectivity index (χ3v) is 4.90. The van der Waals surface area contributed by atoms with Gasteiger partial charge in [0.15, 0.2) is 10.6 Å². The molecule has 1 aromatic carbocycles. The Morgan fingerprint density at radius 2 is 2.00 bits per heavy atom. The molecule has 0 unspecified atom stereocenters. The maximum Gasteiger partial charge on any atom is 0.191 e. The molecule has 0 fully saturated rings. The highest BCUT2D eigenvalue weighted by molar-refractivity contribution is 7.07. The summed E-state index contributed by atoms with van der Waals surface area (Å²) in [6, 6.07) is 13.9. The number of aromatic nitrogens is 2. The van der Waals surface area contributed by atoms with Gasteiger partial charge >= 0.3 is 0 Å². The van der Waals surface area contributed by atoms with E-state index in [-0.39, 0.29) is 0 Å². The van der Waals surface area contributed by atoms with Crippen molar-refractivity contribution in [3.63, 3.8) is 0 Å². The molecule has 142 valence electrons. The summed E-state index contributed by atoms with van der Waals surface area (Å²) in [5.74, 6) is 1.36. The van der Waals surface area contributed by atoms with Crippen LogP contribution in [0.2, 0.25) is 0 Å². The first kappa shape index (κ1) is 19.3. The summed E-state index contributed by atoms with van der Waals surface area (Å²) in [6.07, 6.45) is 2.55. The Morgan fingerprint density at radius 3 is 2.70 bits per heavy atom. The van der Waals surface area contributed by atoms with Crippen LogP contribution >= 0.6 is 11.3 Å². The number of nitrogens with two attached hydrogens (primary N) is 1. The Kier molecular flexibility index (Phi) is 7.15. The maximum absolute atomic E-state index is 5.90. The molecule has 0 aliphatic carbocycles. The third-order valence-electron chi connectivity index (χ3n) is 3.99. The molecule has 0 atom stereocenters. The zero-order valence-corrected chi connectivity index (χ0v) is 16.2. The predicted octanol–water partition coefficient (Wildman–Crippen LogP) is 3.25. The van der Waals surface area contributed by atoms with E-state index >= 15 is 0 Å². The van der Waals surface area contributed by atoms with Crippen LogP contribution in [0, 0.1) is 0 Å². The number of benzene rings is 1. The van der Waals surface area contributed by atoms with E-state index in [0.29, 0.717) is 31.3 Å². The largest absolute Gasteiger partial charge is 0.495 e. The van der Waals surface area contributed by atoms with Gasteiger partial charge in [-0.1, -0.05) is 30.3 Å². The molecule has 0 spiro atoms. The van der Waals surface area contributed by atoms with Crippen molar-refractivity contribution >= 4 is 17.2 Å². The number of ether oxygens (including phenoxy) is 2. The van der Waals surface area contributed by atoms with Crippen molar-refractivity contribution in [2.75, 3.05) is 13.7 Å². The molecule has 2 aromatic heterocycles. The quantitative estimate of drug-likeness (QED) is 0.614. The Morgan fingerprint density at radius 1 is 1.15 bits per heavy atom. The molecule has 2 heterocycles. The van der Waals surface area contributed by atoms with Crippen LogP contribution in [-0.2, 0) is 24.5 Å². The normalized spacial score (nSPS) is 11.7. The van der Waals surface area contributed by atoms with Gasteiger partial charge < -0.3 is 19.8 Å². The first-order valence-corrected chi connectivity index (χ1v) is 9.72. The Bertz CT molecular complexity index is 888. The van der Waals surface area contributed by atoms with Crippen LogP contribution < -0.4 is 15.3 Å². The van der Waals surface area contributed by atoms with E-state index in [0.717, 1.165) is 29.0 Å². The molecule has 0 amide bonds. The summed E-state index contributed by atoms with van der Waals surface area (Å²) in [4.78, 5) is 9.89. The lowest BCUT2D eigenvalue weighted by Crippen LogP contribution is -2.20. The maximum atomic E-state index is 5.90. The summed E-state index contributed by atoms with van der Waals surface area (Å²) >= 11 is 1.58. The molecular weight excluding hydrogens is 360 g/mol. The van der Waals surface area contributed by atoms with E-state index in [1.165, 1.54) is 0 Å². The van der Waals surface area contributed by atoms with Crippen molar-refractivity contribution in [2.45, 2.75) is 26.2 Å². The van der Waals surface area contributed by atoms with Gasteiger partial charge in [-0.3, -0.25) is 0 Å². The number of rotatable bonds is 9. The average molecular weight is 385 g/mol. The number of nitrogens with zero attached hydrogens (tertiary/aromatic N) is 3. The molecule has 0 aliphatic rings. The average Bonchev–Trinajstić information content (AvgIpc) is 3.09. The Balaban J connectivity index is 1.76. The fraction of sp³-hybridized carbons (Fsp3) is 0.300. The predicted molar refractivity (Wildman–Crippen MR) is 107 cm³/mol. The second-order valence-corrected chi connectivity index (χ2v) is 6.79. The third kappa shape index (κ3) is 5.50. The number of hydrogen-bond acceptors (Lipinski definition) is 6. The Labute approximate surface area is 162 Å². The highest BCUT2D eigenvalue weighted by atomic mass is 32.1. The minimum absolute atomic E-state index is 0.529. The van der Waals surface area contributed by atoms with Crippen LogP contribution in [0.3, 0.4) is 0 Å². The topological polar surface area (TPSA) is 74.7 Å². The fourth-order valence-electron chi connectivity index (χ4n) is 2.56. The van der Waals surface area contributed by atoms with Crippen molar-refractivity contribution in [3.05, 3.63) is 70.1 Å². The number of hydrogen-bond donors (Lipinski definition) is 1. The summed E-state index contributed by atoms with van der Waals surface area (Å²) in [5, 5.41) is 2.09. The first-order valence-electron chi connectivity index (χ1n) is 8.84. The fourth-order valence-corrected chi connectivity index (χ4v) is 3.48. The van der Waals surface area contributed by atoms with E-state index < -0.39 is 0 Å². The van der Waals surface area contributed by atoms with Crippen LogP contribution in [0.4, 0.5) is 5.82 Å². The van der Waals surface area contributed by atoms with Crippen molar-refractivity contribution in [1.29, 1.82) is 0 Å².